The third-order valence-corrected chi connectivity index (χ3v) is 2.32. The van der Waals surface area contributed by atoms with Crippen LogP contribution in [0.5, 0.6) is 0 Å². The van der Waals surface area contributed by atoms with Crippen molar-refractivity contribution in [3.05, 3.63) is 66.0 Å². The van der Waals surface area contributed by atoms with Gasteiger partial charge >= 0.3 is 0 Å². The topological polar surface area (TPSA) is 30.0 Å². The summed E-state index contributed by atoms with van der Waals surface area (Å²) in [6.45, 7) is 7.53. The molecule has 0 aliphatic heterocycles. The van der Waals surface area contributed by atoms with Crippen molar-refractivity contribution < 1.29 is 4.79 Å². The monoisotopic (exact) mass is 227 g/mol. The lowest BCUT2D eigenvalue weighted by atomic mass is 10.1. The van der Waals surface area contributed by atoms with Gasteiger partial charge in [-0.3, -0.25) is 9.78 Å². The van der Waals surface area contributed by atoms with Gasteiger partial charge in [0.2, 0.25) is 0 Å². The molecule has 0 bridgehead atoms. The first kappa shape index (κ1) is 13.1. The summed E-state index contributed by atoms with van der Waals surface area (Å²) in [6.07, 6.45) is 9.14. The number of ketones is 1. The van der Waals surface area contributed by atoms with Crippen molar-refractivity contribution in [2.75, 3.05) is 0 Å². The molecule has 1 heterocycles. The molecular formula is C15H17NO. The Kier molecular flexibility index (Phi) is 5.08. The first-order valence-electron chi connectivity index (χ1n) is 5.57. The van der Waals surface area contributed by atoms with Crippen LogP contribution in [-0.4, -0.2) is 10.8 Å². The van der Waals surface area contributed by atoms with Gasteiger partial charge < -0.3 is 0 Å². The highest BCUT2D eigenvalue weighted by Crippen LogP contribution is 2.06. The van der Waals surface area contributed by atoms with Crippen molar-refractivity contribution in [3.8, 4) is 0 Å². The number of aromatic nitrogens is 1. The van der Waals surface area contributed by atoms with Crippen LogP contribution in [0.1, 0.15) is 18.2 Å². The van der Waals surface area contributed by atoms with Gasteiger partial charge in [-0.25, -0.2) is 0 Å². The summed E-state index contributed by atoms with van der Waals surface area (Å²) in [7, 11) is 0. The van der Waals surface area contributed by atoms with E-state index in [1.807, 2.05) is 38.1 Å². The van der Waals surface area contributed by atoms with Gasteiger partial charge in [0.05, 0.1) is 6.42 Å². The molecule has 1 rings (SSSR count). The van der Waals surface area contributed by atoms with Crippen LogP contribution >= 0.6 is 0 Å². The van der Waals surface area contributed by atoms with E-state index in [9.17, 15) is 4.79 Å². The Morgan fingerprint density at radius 3 is 2.76 bits per heavy atom. The highest BCUT2D eigenvalue weighted by atomic mass is 16.1. The highest BCUT2D eigenvalue weighted by Gasteiger charge is 2.07. The van der Waals surface area contributed by atoms with Gasteiger partial charge in [0.25, 0.3) is 0 Å². The second-order valence-corrected chi connectivity index (χ2v) is 3.78. The maximum atomic E-state index is 11.9. The number of hydrogen-bond donors (Lipinski definition) is 0. The van der Waals surface area contributed by atoms with E-state index in [2.05, 4.69) is 11.6 Å². The zero-order chi connectivity index (χ0) is 12.7. The lowest BCUT2D eigenvalue weighted by Crippen LogP contribution is -2.06. The van der Waals surface area contributed by atoms with Crippen LogP contribution in [0, 0.1) is 6.92 Å². The summed E-state index contributed by atoms with van der Waals surface area (Å²) >= 11 is 0. The number of carbonyl (C=O) groups is 1. The number of allylic oxidation sites excluding steroid dienone is 5. The molecule has 0 aliphatic rings. The predicted molar refractivity (Wildman–Crippen MR) is 70.8 cm³/mol. The van der Waals surface area contributed by atoms with E-state index in [0.29, 0.717) is 12.0 Å². The SMILES string of the molecule is C=C/C(=C\C=C/C)C(=O)Cc1ccc(C)cn1. The highest BCUT2D eigenvalue weighted by molar-refractivity contribution is 5.99. The largest absolute Gasteiger partial charge is 0.294 e. The summed E-state index contributed by atoms with van der Waals surface area (Å²) in [4.78, 5) is 16.1. The van der Waals surface area contributed by atoms with Crippen molar-refractivity contribution in [3.63, 3.8) is 0 Å². The fraction of sp³-hybridized carbons (Fsp3) is 0.200. The molecule has 2 heteroatoms. The average Bonchev–Trinajstić information content (AvgIpc) is 2.33. The molecule has 17 heavy (non-hydrogen) atoms. The summed E-state index contributed by atoms with van der Waals surface area (Å²) in [6, 6.07) is 3.84. The number of aryl methyl sites for hydroxylation is 1. The molecule has 0 radical (unpaired) electrons. The van der Waals surface area contributed by atoms with Crippen LogP contribution in [0.2, 0.25) is 0 Å². The molecule has 0 spiro atoms. The van der Waals surface area contributed by atoms with Gasteiger partial charge in [-0.1, -0.05) is 36.9 Å². The van der Waals surface area contributed by atoms with E-state index in [1.165, 1.54) is 0 Å². The van der Waals surface area contributed by atoms with E-state index >= 15 is 0 Å². The molecule has 1 aromatic heterocycles. The molecule has 2 nitrogen and oxygen atoms in total. The van der Waals surface area contributed by atoms with Gasteiger partial charge in [-0.05, 0) is 25.5 Å². The van der Waals surface area contributed by atoms with Crippen LogP contribution in [-0.2, 0) is 11.2 Å². The molecular weight excluding hydrogens is 210 g/mol. The fourth-order valence-electron chi connectivity index (χ4n) is 1.34. The Morgan fingerprint density at radius 2 is 2.24 bits per heavy atom. The van der Waals surface area contributed by atoms with Crippen molar-refractivity contribution >= 4 is 5.78 Å². The number of carbonyl (C=O) groups excluding carboxylic acids is 1. The lowest BCUT2D eigenvalue weighted by Gasteiger charge is -2.01. The Labute approximate surface area is 102 Å². The molecule has 0 unspecified atom stereocenters. The molecule has 1 aromatic rings. The van der Waals surface area contributed by atoms with Crippen molar-refractivity contribution in [1.29, 1.82) is 0 Å². The summed E-state index contributed by atoms with van der Waals surface area (Å²) < 4.78 is 0. The summed E-state index contributed by atoms with van der Waals surface area (Å²) in [5.74, 6) is 0.0365. The van der Waals surface area contributed by atoms with E-state index in [4.69, 9.17) is 0 Å². The second-order valence-electron chi connectivity index (χ2n) is 3.78. The first-order valence-corrected chi connectivity index (χ1v) is 5.57. The molecule has 0 amide bonds. The Bertz CT molecular complexity index is 452. The van der Waals surface area contributed by atoms with Crippen molar-refractivity contribution in [2.24, 2.45) is 0 Å². The maximum absolute atomic E-state index is 11.9. The summed E-state index contributed by atoms with van der Waals surface area (Å²) in [5.41, 5.74) is 2.49. The van der Waals surface area contributed by atoms with Gasteiger partial charge in [-0.2, -0.15) is 0 Å². The predicted octanol–water partition coefficient (Wildman–Crippen LogP) is 3.19. The molecule has 0 saturated carbocycles. The quantitative estimate of drug-likeness (QED) is 0.571. The number of hydrogen-bond acceptors (Lipinski definition) is 2. The van der Waals surface area contributed by atoms with E-state index < -0.39 is 0 Å². The Balaban J connectivity index is 2.77. The van der Waals surface area contributed by atoms with Gasteiger partial charge in [0.1, 0.15) is 0 Å². The van der Waals surface area contributed by atoms with Crippen molar-refractivity contribution in [2.45, 2.75) is 20.3 Å². The second kappa shape index (κ2) is 6.59. The van der Waals surface area contributed by atoms with Crippen LogP contribution in [0.25, 0.3) is 0 Å². The van der Waals surface area contributed by atoms with Gasteiger partial charge in [0, 0.05) is 17.5 Å². The number of nitrogens with zero attached hydrogens (tertiary/aromatic N) is 1. The van der Waals surface area contributed by atoms with E-state index in [0.717, 1.165) is 11.3 Å². The first-order chi connectivity index (χ1) is 8.17. The van der Waals surface area contributed by atoms with Gasteiger partial charge in [-0.15, -0.1) is 0 Å². The van der Waals surface area contributed by atoms with Crippen LogP contribution in [0.15, 0.2) is 54.8 Å². The van der Waals surface area contributed by atoms with E-state index in [-0.39, 0.29) is 5.78 Å². The third-order valence-electron chi connectivity index (χ3n) is 2.32. The Hall–Kier alpha value is -1.96. The number of pyridine rings is 1. The number of Topliss-reactive ketones (excluding diaryl/α,β-unsaturated/α-hetero) is 1. The molecule has 0 N–H and O–H groups in total. The fourth-order valence-corrected chi connectivity index (χ4v) is 1.34. The molecule has 0 saturated heterocycles. The van der Waals surface area contributed by atoms with E-state index in [1.54, 1.807) is 18.3 Å². The zero-order valence-electron chi connectivity index (χ0n) is 10.3. The van der Waals surface area contributed by atoms with Crippen molar-refractivity contribution in [1.82, 2.24) is 4.98 Å². The molecule has 0 aliphatic carbocycles. The number of rotatable bonds is 5. The Morgan fingerprint density at radius 1 is 1.47 bits per heavy atom. The molecule has 88 valence electrons. The average molecular weight is 227 g/mol. The normalized spacial score (nSPS) is 11.8. The zero-order valence-corrected chi connectivity index (χ0v) is 10.3. The van der Waals surface area contributed by atoms with Crippen LogP contribution in [0.4, 0.5) is 0 Å². The minimum atomic E-state index is 0.0365. The molecule has 0 atom stereocenters. The molecule has 0 aromatic carbocycles. The standard InChI is InChI=1S/C15H17NO/c1-4-6-7-13(5-2)15(17)10-14-9-8-12(3)11-16-14/h4-9,11H,2,10H2,1,3H3/b6-4-,13-7+. The smallest absolute Gasteiger partial charge is 0.168 e. The maximum Gasteiger partial charge on any atom is 0.168 e. The summed E-state index contributed by atoms with van der Waals surface area (Å²) in [5, 5.41) is 0. The van der Waals surface area contributed by atoms with Gasteiger partial charge in [0.15, 0.2) is 5.78 Å². The van der Waals surface area contributed by atoms with Crippen LogP contribution < -0.4 is 0 Å². The minimum Gasteiger partial charge on any atom is -0.294 e. The third kappa shape index (κ3) is 4.19. The lowest BCUT2D eigenvalue weighted by molar-refractivity contribution is -0.114. The molecule has 0 fully saturated rings. The van der Waals surface area contributed by atoms with Crippen LogP contribution in [0.3, 0.4) is 0 Å². The minimum absolute atomic E-state index is 0.0365.